The highest BCUT2D eigenvalue weighted by molar-refractivity contribution is 14.1. The summed E-state index contributed by atoms with van der Waals surface area (Å²) in [5.41, 5.74) is 6.20. The SMILES string of the molecule is Nc1cnn(-c2cc(I)ccc2Cl)n1. The number of halogens is 2. The average Bonchev–Trinajstić information content (AvgIpc) is 2.56. The van der Waals surface area contributed by atoms with Crippen LogP contribution in [0.2, 0.25) is 5.02 Å². The molecule has 0 bridgehead atoms. The normalized spacial score (nSPS) is 10.4. The first-order valence-electron chi connectivity index (χ1n) is 3.80. The van der Waals surface area contributed by atoms with Gasteiger partial charge in [-0.25, -0.2) is 0 Å². The van der Waals surface area contributed by atoms with Crippen molar-refractivity contribution in [3.05, 3.63) is 33.0 Å². The summed E-state index contributed by atoms with van der Waals surface area (Å²) in [6.45, 7) is 0. The van der Waals surface area contributed by atoms with Gasteiger partial charge in [0.1, 0.15) is 5.69 Å². The van der Waals surface area contributed by atoms with E-state index >= 15 is 0 Å². The maximum Gasteiger partial charge on any atom is 0.166 e. The van der Waals surface area contributed by atoms with Gasteiger partial charge in [0.25, 0.3) is 0 Å². The summed E-state index contributed by atoms with van der Waals surface area (Å²) in [6, 6.07) is 5.61. The lowest BCUT2D eigenvalue weighted by molar-refractivity contribution is 0.754. The van der Waals surface area contributed by atoms with Gasteiger partial charge in [-0.3, -0.25) is 0 Å². The van der Waals surface area contributed by atoms with Crippen molar-refractivity contribution in [2.75, 3.05) is 5.73 Å². The smallest absolute Gasteiger partial charge is 0.166 e. The zero-order chi connectivity index (χ0) is 10.1. The molecule has 0 saturated heterocycles. The second-order valence-electron chi connectivity index (χ2n) is 2.65. The molecule has 0 fully saturated rings. The summed E-state index contributed by atoms with van der Waals surface area (Å²) < 4.78 is 1.07. The van der Waals surface area contributed by atoms with E-state index in [1.54, 1.807) is 6.07 Å². The topological polar surface area (TPSA) is 56.7 Å². The summed E-state index contributed by atoms with van der Waals surface area (Å²) in [5, 5.41) is 8.56. The summed E-state index contributed by atoms with van der Waals surface area (Å²) in [5.74, 6) is 0.375. The zero-order valence-corrected chi connectivity index (χ0v) is 9.90. The summed E-state index contributed by atoms with van der Waals surface area (Å²) in [6.07, 6.45) is 1.48. The minimum Gasteiger partial charge on any atom is -0.381 e. The second kappa shape index (κ2) is 3.74. The molecule has 0 aliphatic heterocycles. The molecule has 0 saturated carbocycles. The van der Waals surface area contributed by atoms with Crippen LogP contribution in [0.1, 0.15) is 0 Å². The molecule has 72 valence electrons. The van der Waals surface area contributed by atoms with Crippen LogP contribution in [0, 0.1) is 3.57 Å². The number of rotatable bonds is 1. The molecule has 0 amide bonds. The first kappa shape index (κ1) is 9.72. The number of nitrogens with zero attached hydrogens (tertiary/aromatic N) is 3. The minimum atomic E-state index is 0.375. The monoisotopic (exact) mass is 320 g/mol. The highest BCUT2D eigenvalue weighted by Gasteiger charge is 2.05. The fourth-order valence-electron chi connectivity index (χ4n) is 1.03. The van der Waals surface area contributed by atoms with Gasteiger partial charge < -0.3 is 5.73 Å². The van der Waals surface area contributed by atoms with Gasteiger partial charge in [0.15, 0.2) is 5.82 Å². The molecule has 0 atom stereocenters. The maximum atomic E-state index is 6.00. The highest BCUT2D eigenvalue weighted by atomic mass is 127. The quantitative estimate of drug-likeness (QED) is 0.819. The number of benzene rings is 1. The van der Waals surface area contributed by atoms with Crippen molar-refractivity contribution in [1.29, 1.82) is 0 Å². The van der Waals surface area contributed by atoms with Crippen LogP contribution in [0.4, 0.5) is 5.82 Å². The van der Waals surface area contributed by atoms with Crippen LogP contribution in [0.5, 0.6) is 0 Å². The van der Waals surface area contributed by atoms with Crippen molar-refractivity contribution in [2.24, 2.45) is 0 Å². The highest BCUT2D eigenvalue weighted by Crippen LogP contribution is 2.21. The number of hydrogen-bond acceptors (Lipinski definition) is 3. The largest absolute Gasteiger partial charge is 0.381 e. The summed E-state index contributed by atoms with van der Waals surface area (Å²) >= 11 is 8.19. The number of nitrogen functional groups attached to an aromatic ring is 1. The van der Waals surface area contributed by atoms with Crippen LogP contribution < -0.4 is 5.73 Å². The first-order valence-corrected chi connectivity index (χ1v) is 5.26. The number of aromatic nitrogens is 3. The van der Waals surface area contributed by atoms with E-state index in [1.807, 2.05) is 12.1 Å². The Morgan fingerprint density at radius 1 is 1.43 bits per heavy atom. The van der Waals surface area contributed by atoms with E-state index in [1.165, 1.54) is 11.0 Å². The minimum absolute atomic E-state index is 0.375. The van der Waals surface area contributed by atoms with Gasteiger partial charge in [-0.05, 0) is 40.8 Å². The van der Waals surface area contributed by atoms with Crippen LogP contribution in [0.25, 0.3) is 5.69 Å². The van der Waals surface area contributed by atoms with E-state index in [4.69, 9.17) is 17.3 Å². The Bertz CT molecular complexity index is 468. The van der Waals surface area contributed by atoms with Crippen LogP contribution in [-0.4, -0.2) is 15.0 Å². The van der Waals surface area contributed by atoms with Gasteiger partial charge in [-0.1, -0.05) is 11.6 Å². The molecule has 0 unspecified atom stereocenters. The molecule has 0 spiro atoms. The van der Waals surface area contributed by atoms with E-state index in [0.29, 0.717) is 10.8 Å². The van der Waals surface area contributed by atoms with Gasteiger partial charge >= 0.3 is 0 Å². The van der Waals surface area contributed by atoms with Crippen molar-refractivity contribution in [2.45, 2.75) is 0 Å². The molecule has 2 N–H and O–H groups in total. The Balaban J connectivity index is 2.55. The molecular weight excluding hydrogens is 314 g/mol. The summed E-state index contributed by atoms with van der Waals surface area (Å²) in [7, 11) is 0. The molecule has 2 rings (SSSR count). The van der Waals surface area contributed by atoms with Gasteiger partial charge in [0.2, 0.25) is 0 Å². The molecule has 4 nitrogen and oxygen atoms in total. The van der Waals surface area contributed by atoms with Crippen molar-refractivity contribution in [1.82, 2.24) is 15.0 Å². The maximum absolute atomic E-state index is 6.00. The van der Waals surface area contributed by atoms with Gasteiger partial charge in [0.05, 0.1) is 11.2 Å². The number of anilines is 1. The molecule has 1 aromatic heterocycles. The molecule has 1 aromatic carbocycles. The standard InChI is InChI=1S/C8H6ClIN4/c9-6-2-1-5(10)3-7(6)14-12-4-8(11)13-14/h1-4H,(H2,11,13). The number of nitrogens with two attached hydrogens (primary N) is 1. The summed E-state index contributed by atoms with van der Waals surface area (Å²) in [4.78, 5) is 1.42. The van der Waals surface area contributed by atoms with Crippen molar-refractivity contribution < 1.29 is 0 Å². The van der Waals surface area contributed by atoms with E-state index in [0.717, 1.165) is 9.26 Å². The average molecular weight is 321 g/mol. The molecule has 0 aliphatic rings. The molecular formula is C8H6ClIN4. The lowest BCUT2D eigenvalue weighted by Crippen LogP contribution is -2.00. The first-order chi connectivity index (χ1) is 6.66. The Morgan fingerprint density at radius 2 is 2.21 bits per heavy atom. The van der Waals surface area contributed by atoms with Crippen LogP contribution >= 0.6 is 34.2 Å². The second-order valence-corrected chi connectivity index (χ2v) is 4.31. The van der Waals surface area contributed by atoms with Gasteiger partial charge in [-0.15, -0.1) is 9.90 Å². The molecule has 6 heteroatoms. The van der Waals surface area contributed by atoms with E-state index in [2.05, 4.69) is 32.8 Å². The Morgan fingerprint density at radius 3 is 2.86 bits per heavy atom. The number of hydrogen-bond donors (Lipinski definition) is 1. The van der Waals surface area contributed by atoms with E-state index in [-0.39, 0.29) is 0 Å². The third kappa shape index (κ3) is 1.83. The fourth-order valence-corrected chi connectivity index (χ4v) is 1.70. The third-order valence-electron chi connectivity index (χ3n) is 1.63. The van der Waals surface area contributed by atoms with Crippen molar-refractivity contribution in [3.8, 4) is 5.69 Å². The van der Waals surface area contributed by atoms with E-state index in [9.17, 15) is 0 Å². The van der Waals surface area contributed by atoms with Crippen LogP contribution in [0.3, 0.4) is 0 Å². The van der Waals surface area contributed by atoms with E-state index < -0.39 is 0 Å². The zero-order valence-electron chi connectivity index (χ0n) is 6.98. The Kier molecular flexibility index (Phi) is 2.60. The van der Waals surface area contributed by atoms with Crippen LogP contribution in [0.15, 0.2) is 24.4 Å². The Hall–Kier alpha value is -0.820. The van der Waals surface area contributed by atoms with Gasteiger partial charge in [-0.2, -0.15) is 5.10 Å². The van der Waals surface area contributed by atoms with Crippen molar-refractivity contribution >= 4 is 40.0 Å². The predicted molar refractivity (Wildman–Crippen MR) is 63.5 cm³/mol. The fraction of sp³-hybridized carbons (Fsp3) is 0. The lowest BCUT2D eigenvalue weighted by Gasteiger charge is -2.02. The predicted octanol–water partition coefficient (Wildman–Crippen LogP) is 2.11. The third-order valence-corrected chi connectivity index (χ3v) is 2.62. The molecule has 0 radical (unpaired) electrons. The molecule has 0 aliphatic carbocycles. The van der Waals surface area contributed by atoms with Crippen LogP contribution in [-0.2, 0) is 0 Å². The molecule has 2 aromatic rings. The van der Waals surface area contributed by atoms with Gasteiger partial charge in [0, 0.05) is 3.57 Å². The Labute approximate surface area is 99.2 Å². The molecule has 1 heterocycles. The lowest BCUT2D eigenvalue weighted by atomic mass is 10.3. The molecule has 14 heavy (non-hydrogen) atoms. The van der Waals surface area contributed by atoms with Crippen molar-refractivity contribution in [3.63, 3.8) is 0 Å².